The molecule has 0 spiro atoms. The van der Waals surface area contributed by atoms with E-state index in [-0.39, 0.29) is 23.9 Å². The van der Waals surface area contributed by atoms with Crippen molar-refractivity contribution in [1.82, 2.24) is 15.0 Å². The minimum Gasteiger partial charge on any atom is -0.390 e. The molecule has 0 aliphatic carbocycles. The normalized spacial score (nSPS) is 12.1. The van der Waals surface area contributed by atoms with E-state index in [4.69, 9.17) is 11.6 Å². The molecule has 0 bridgehead atoms. The molecule has 5 nitrogen and oxygen atoms in total. The van der Waals surface area contributed by atoms with Gasteiger partial charge >= 0.3 is 0 Å². The second-order valence-corrected chi connectivity index (χ2v) is 5.65. The number of hydrogen-bond donors (Lipinski definition) is 1. The van der Waals surface area contributed by atoms with Crippen molar-refractivity contribution in [2.75, 3.05) is 5.88 Å². The van der Waals surface area contributed by atoms with Gasteiger partial charge in [-0.2, -0.15) is 0 Å². The van der Waals surface area contributed by atoms with E-state index in [1.54, 1.807) is 24.3 Å². The van der Waals surface area contributed by atoms with E-state index in [1.807, 2.05) is 36.4 Å². The molecule has 0 fully saturated rings. The van der Waals surface area contributed by atoms with E-state index >= 15 is 0 Å². The lowest BCUT2D eigenvalue weighted by atomic mass is 10.0. The topological polar surface area (TPSA) is 68.0 Å². The molecular weight excluding hydrogens is 326 g/mol. The van der Waals surface area contributed by atoms with Gasteiger partial charge in [0.1, 0.15) is 5.69 Å². The van der Waals surface area contributed by atoms with Gasteiger partial charge in [0.25, 0.3) is 0 Å². The number of carbonyl (C=O) groups excluding carboxylic acids is 1. The summed E-state index contributed by atoms with van der Waals surface area (Å²) in [6.07, 6.45) is -0.768. The molecule has 1 heterocycles. The number of hydrogen-bond acceptors (Lipinski definition) is 4. The Morgan fingerprint density at radius 3 is 2.33 bits per heavy atom. The Balaban J connectivity index is 2.08. The molecule has 1 aromatic heterocycles. The zero-order chi connectivity index (χ0) is 16.9. The highest BCUT2D eigenvalue weighted by Gasteiger charge is 2.23. The fraction of sp³-hybridized carbons (Fsp3) is 0.167. The first-order valence-corrected chi connectivity index (χ1v) is 8.07. The van der Waals surface area contributed by atoms with Crippen LogP contribution in [0.2, 0.25) is 0 Å². The Morgan fingerprint density at radius 2 is 1.71 bits per heavy atom. The molecule has 122 valence electrons. The average Bonchev–Trinajstić information content (AvgIpc) is 3.05. The van der Waals surface area contributed by atoms with Crippen LogP contribution in [0, 0.1) is 0 Å². The standard InChI is InChI=1S/C18H16ClN3O2/c19-11-15(23)12-22-17(13-7-3-1-4-8-13)16(20-21-22)18(24)14-9-5-2-6-10-14/h1-10,15,23H,11-12H2. The van der Waals surface area contributed by atoms with Crippen LogP contribution in [0.5, 0.6) is 0 Å². The van der Waals surface area contributed by atoms with Crippen molar-refractivity contribution in [3.63, 3.8) is 0 Å². The predicted molar refractivity (Wildman–Crippen MR) is 92.1 cm³/mol. The summed E-state index contributed by atoms with van der Waals surface area (Å²) in [5, 5.41) is 18.0. The van der Waals surface area contributed by atoms with Gasteiger partial charge < -0.3 is 5.11 Å². The molecular formula is C18H16ClN3O2. The third-order valence-corrected chi connectivity index (χ3v) is 3.95. The van der Waals surface area contributed by atoms with Crippen molar-refractivity contribution in [3.8, 4) is 11.3 Å². The van der Waals surface area contributed by atoms with Gasteiger partial charge in [-0.05, 0) is 0 Å². The first-order valence-electron chi connectivity index (χ1n) is 7.53. The number of halogens is 1. The van der Waals surface area contributed by atoms with Crippen LogP contribution in [0.3, 0.4) is 0 Å². The summed E-state index contributed by atoms with van der Waals surface area (Å²) in [6, 6.07) is 18.3. The van der Waals surface area contributed by atoms with Gasteiger partial charge in [0.2, 0.25) is 5.78 Å². The zero-order valence-corrected chi connectivity index (χ0v) is 13.6. The Labute approximate surface area is 144 Å². The van der Waals surface area contributed by atoms with Gasteiger partial charge in [-0.25, -0.2) is 4.68 Å². The van der Waals surface area contributed by atoms with E-state index < -0.39 is 6.10 Å². The van der Waals surface area contributed by atoms with Crippen molar-refractivity contribution in [2.24, 2.45) is 0 Å². The molecule has 0 radical (unpaired) electrons. The molecule has 1 unspecified atom stereocenters. The van der Waals surface area contributed by atoms with Crippen LogP contribution in [0.1, 0.15) is 16.1 Å². The lowest BCUT2D eigenvalue weighted by Crippen LogP contribution is -2.19. The Morgan fingerprint density at radius 1 is 1.08 bits per heavy atom. The van der Waals surface area contributed by atoms with Crippen LogP contribution >= 0.6 is 11.6 Å². The molecule has 0 aliphatic heterocycles. The smallest absolute Gasteiger partial charge is 0.215 e. The van der Waals surface area contributed by atoms with Crippen LogP contribution < -0.4 is 0 Å². The summed E-state index contributed by atoms with van der Waals surface area (Å²) >= 11 is 5.69. The van der Waals surface area contributed by atoms with Crippen LogP contribution in [0.15, 0.2) is 60.7 Å². The molecule has 6 heteroatoms. The maximum Gasteiger partial charge on any atom is 0.215 e. The molecule has 2 aromatic carbocycles. The summed E-state index contributed by atoms with van der Waals surface area (Å²) in [5.41, 5.74) is 2.19. The summed E-state index contributed by atoms with van der Waals surface area (Å²) in [5.74, 6) is -0.128. The van der Waals surface area contributed by atoms with E-state index in [2.05, 4.69) is 10.3 Å². The largest absolute Gasteiger partial charge is 0.390 e. The average molecular weight is 342 g/mol. The number of aliphatic hydroxyl groups is 1. The lowest BCUT2D eigenvalue weighted by molar-refractivity contribution is 0.103. The molecule has 3 aromatic rings. The first-order chi connectivity index (χ1) is 11.7. The van der Waals surface area contributed by atoms with Gasteiger partial charge in [0.05, 0.1) is 18.5 Å². The van der Waals surface area contributed by atoms with Crippen molar-refractivity contribution in [2.45, 2.75) is 12.6 Å². The van der Waals surface area contributed by atoms with Crippen molar-refractivity contribution in [3.05, 3.63) is 71.9 Å². The van der Waals surface area contributed by atoms with Crippen molar-refractivity contribution < 1.29 is 9.90 Å². The van der Waals surface area contributed by atoms with Gasteiger partial charge in [0, 0.05) is 11.1 Å². The number of aromatic nitrogens is 3. The second-order valence-electron chi connectivity index (χ2n) is 5.34. The highest BCUT2D eigenvalue weighted by Crippen LogP contribution is 2.24. The van der Waals surface area contributed by atoms with Crippen LogP contribution in [-0.2, 0) is 6.54 Å². The lowest BCUT2D eigenvalue weighted by Gasteiger charge is -2.11. The van der Waals surface area contributed by atoms with Gasteiger partial charge in [0.15, 0.2) is 5.69 Å². The maximum absolute atomic E-state index is 12.8. The number of aliphatic hydroxyl groups excluding tert-OH is 1. The monoisotopic (exact) mass is 341 g/mol. The summed E-state index contributed by atoms with van der Waals surface area (Å²) < 4.78 is 1.53. The van der Waals surface area contributed by atoms with Gasteiger partial charge in [-0.1, -0.05) is 65.9 Å². The molecule has 0 amide bonds. The number of alkyl halides is 1. The predicted octanol–water partition coefficient (Wildman–Crippen LogP) is 2.78. The highest BCUT2D eigenvalue weighted by atomic mass is 35.5. The fourth-order valence-electron chi connectivity index (χ4n) is 2.45. The Hall–Kier alpha value is -2.50. The minimum atomic E-state index is -0.768. The van der Waals surface area contributed by atoms with E-state index in [0.29, 0.717) is 11.3 Å². The number of ketones is 1. The number of carbonyl (C=O) groups is 1. The maximum atomic E-state index is 12.8. The Bertz CT molecular complexity index is 819. The first kappa shape index (κ1) is 16.4. The molecule has 1 atom stereocenters. The minimum absolute atomic E-state index is 0.0794. The van der Waals surface area contributed by atoms with E-state index in [0.717, 1.165) is 5.56 Å². The number of nitrogens with zero attached hydrogens (tertiary/aromatic N) is 3. The van der Waals surface area contributed by atoms with E-state index in [9.17, 15) is 9.90 Å². The second kappa shape index (κ2) is 7.38. The zero-order valence-electron chi connectivity index (χ0n) is 12.8. The van der Waals surface area contributed by atoms with Crippen LogP contribution in [-0.4, -0.2) is 37.9 Å². The third-order valence-electron chi connectivity index (χ3n) is 3.60. The highest BCUT2D eigenvalue weighted by molar-refractivity contribution is 6.18. The molecule has 24 heavy (non-hydrogen) atoms. The number of benzene rings is 2. The molecule has 0 aliphatic rings. The molecule has 1 N–H and O–H groups in total. The molecule has 3 rings (SSSR count). The van der Waals surface area contributed by atoms with Crippen molar-refractivity contribution >= 4 is 17.4 Å². The summed E-state index contributed by atoms with van der Waals surface area (Å²) in [4.78, 5) is 12.8. The molecule has 0 saturated heterocycles. The molecule has 0 saturated carbocycles. The van der Waals surface area contributed by atoms with Gasteiger partial charge in [-0.3, -0.25) is 4.79 Å². The van der Waals surface area contributed by atoms with Gasteiger partial charge in [-0.15, -0.1) is 16.7 Å². The summed E-state index contributed by atoms with van der Waals surface area (Å²) in [7, 11) is 0. The van der Waals surface area contributed by atoms with Crippen molar-refractivity contribution in [1.29, 1.82) is 0 Å². The fourth-order valence-corrected chi connectivity index (χ4v) is 2.55. The van der Waals surface area contributed by atoms with Crippen LogP contribution in [0.4, 0.5) is 0 Å². The summed E-state index contributed by atoms with van der Waals surface area (Å²) in [6.45, 7) is 0.169. The third kappa shape index (κ3) is 3.37. The SMILES string of the molecule is O=C(c1ccccc1)c1nnn(CC(O)CCl)c1-c1ccccc1. The van der Waals surface area contributed by atoms with Crippen LogP contribution in [0.25, 0.3) is 11.3 Å². The van der Waals surface area contributed by atoms with E-state index in [1.165, 1.54) is 4.68 Å². The number of rotatable bonds is 6. The Kier molecular flexibility index (Phi) is 5.03. The quantitative estimate of drug-likeness (QED) is 0.553.